The van der Waals surface area contributed by atoms with Gasteiger partial charge in [0, 0.05) is 52.0 Å². The van der Waals surface area contributed by atoms with Crippen LogP contribution in [0.15, 0.2) is 0 Å². The Balaban J connectivity index is 2.45. The molecule has 1 heterocycles. The fourth-order valence-electron chi connectivity index (χ4n) is 2.23. The van der Waals surface area contributed by atoms with Gasteiger partial charge in [-0.3, -0.25) is 4.90 Å². The molecule has 1 atom stereocenters. The van der Waals surface area contributed by atoms with Crippen LogP contribution in [0.25, 0.3) is 0 Å². The molecule has 1 rings (SSSR count). The fraction of sp³-hybridized carbons (Fsp3) is 1.00. The van der Waals surface area contributed by atoms with Crippen LogP contribution in [0, 0.1) is 0 Å². The first-order chi connectivity index (χ1) is 8.21. The number of piperazine rings is 1. The summed E-state index contributed by atoms with van der Waals surface area (Å²) in [5.74, 6) is 0. The van der Waals surface area contributed by atoms with E-state index >= 15 is 0 Å². The van der Waals surface area contributed by atoms with Crippen molar-refractivity contribution < 1.29 is 9.47 Å². The van der Waals surface area contributed by atoms with Crippen molar-refractivity contribution in [2.45, 2.75) is 26.2 Å². The van der Waals surface area contributed by atoms with E-state index in [9.17, 15) is 0 Å². The second kappa shape index (κ2) is 8.00. The maximum absolute atomic E-state index is 5.83. The van der Waals surface area contributed by atoms with Crippen LogP contribution in [-0.4, -0.2) is 75.1 Å². The topological polar surface area (TPSA) is 51.0 Å². The van der Waals surface area contributed by atoms with Crippen LogP contribution in [0.3, 0.4) is 0 Å². The van der Waals surface area contributed by atoms with Gasteiger partial charge >= 0.3 is 0 Å². The minimum atomic E-state index is -0.123. The van der Waals surface area contributed by atoms with Gasteiger partial charge in [-0.15, -0.1) is 0 Å². The van der Waals surface area contributed by atoms with Gasteiger partial charge in [0.25, 0.3) is 0 Å². The average molecular weight is 245 g/mol. The smallest absolute Gasteiger partial charge is 0.170 e. The number of likely N-dealkylation sites (N-methyl/N-ethyl adjacent to an activating group) is 1. The molecule has 1 aliphatic rings. The van der Waals surface area contributed by atoms with Gasteiger partial charge in [-0.1, -0.05) is 0 Å². The Bertz CT molecular complexity index is 198. The highest BCUT2D eigenvalue weighted by atomic mass is 16.7. The monoisotopic (exact) mass is 245 g/mol. The van der Waals surface area contributed by atoms with Crippen LogP contribution in [0.4, 0.5) is 0 Å². The zero-order chi connectivity index (χ0) is 12.7. The Morgan fingerprint density at radius 3 is 2.41 bits per heavy atom. The molecule has 5 heteroatoms. The summed E-state index contributed by atoms with van der Waals surface area (Å²) in [5, 5.41) is 0. The minimum Gasteiger partial charge on any atom is -0.352 e. The van der Waals surface area contributed by atoms with E-state index < -0.39 is 0 Å². The minimum absolute atomic E-state index is 0.123. The molecular formula is C12H27N3O2. The lowest BCUT2D eigenvalue weighted by molar-refractivity contribution is -0.153. The largest absolute Gasteiger partial charge is 0.352 e. The van der Waals surface area contributed by atoms with Crippen LogP contribution < -0.4 is 5.73 Å². The first-order valence-corrected chi connectivity index (χ1v) is 6.57. The number of nitrogens with two attached hydrogens (primary N) is 1. The van der Waals surface area contributed by atoms with E-state index in [1.807, 2.05) is 13.8 Å². The Morgan fingerprint density at radius 1 is 1.24 bits per heavy atom. The molecule has 2 N–H and O–H groups in total. The molecule has 0 aromatic rings. The van der Waals surface area contributed by atoms with Crippen LogP contribution in [-0.2, 0) is 9.47 Å². The molecule has 0 radical (unpaired) electrons. The number of hydrogen-bond donors (Lipinski definition) is 1. The number of ether oxygens (including phenoxy) is 2. The Morgan fingerprint density at radius 2 is 1.88 bits per heavy atom. The Labute approximate surface area is 105 Å². The summed E-state index contributed by atoms with van der Waals surface area (Å²) in [6, 6.07) is 0.414. The lowest BCUT2D eigenvalue weighted by atomic mass is 10.1. The van der Waals surface area contributed by atoms with E-state index in [1.54, 1.807) is 0 Å². The van der Waals surface area contributed by atoms with Gasteiger partial charge in [-0.25, -0.2) is 0 Å². The molecule has 17 heavy (non-hydrogen) atoms. The standard InChI is InChI=1S/C12H27N3O2/c1-4-16-12(17-5-2)10-15-7-6-14(3)9-11(15)8-13/h11-12H,4-10,13H2,1-3H3. The summed E-state index contributed by atoms with van der Waals surface area (Å²) < 4.78 is 11.2. The molecular weight excluding hydrogens is 218 g/mol. The Kier molecular flexibility index (Phi) is 6.99. The van der Waals surface area contributed by atoms with E-state index in [4.69, 9.17) is 15.2 Å². The van der Waals surface area contributed by atoms with Gasteiger partial charge < -0.3 is 20.1 Å². The second-order valence-electron chi connectivity index (χ2n) is 4.49. The highest BCUT2D eigenvalue weighted by Gasteiger charge is 2.26. The molecule has 1 fully saturated rings. The van der Waals surface area contributed by atoms with Crippen molar-refractivity contribution >= 4 is 0 Å². The highest BCUT2D eigenvalue weighted by Crippen LogP contribution is 2.10. The molecule has 1 saturated heterocycles. The first kappa shape index (κ1) is 14.9. The molecule has 0 amide bonds. The lowest BCUT2D eigenvalue weighted by Gasteiger charge is -2.40. The molecule has 0 aromatic carbocycles. The highest BCUT2D eigenvalue weighted by molar-refractivity contribution is 4.81. The van der Waals surface area contributed by atoms with Crippen LogP contribution >= 0.6 is 0 Å². The third-order valence-electron chi connectivity index (χ3n) is 3.17. The third kappa shape index (κ3) is 4.89. The molecule has 0 aromatic heterocycles. The summed E-state index contributed by atoms with van der Waals surface area (Å²) in [4.78, 5) is 4.71. The molecule has 0 aliphatic carbocycles. The number of rotatable bonds is 7. The molecule has 1 unspecified atom stereocenters. The molecule has 102 valence electrons. The quantitative estimate of drug-likeness (QED) is 0.638. The summed E-state index contributed by atoms with van der Waals surface area (Å²) in [6.07, 6.45) is -0.123. The predicted molar refractivity (Wildman–Crippen MR) is 69.0 cm³/mol. The van der Waals surface area contributed by atoms with Crippen molar-refractivity contribution in [2.24, 2.45) is 5.73 Å². The Hall–Kier alpha value is -0.200. The summed E-state index contributed by atoms with van der Waals surface area (Å²) in [7, 11) is 2.14. The van der Waals surface area contributed by atoms with Gasteiger partial charge in [0.05, 0.1) is 0 Å². The first-order valence-electron chi connectivity index (χ1n) is 6.57. The predicted octanol–water partition coefficient (Wildman–Crippen LogP) is -0.0398. The molecule has 5 nitrogen and oxygen atoms in total. The third-order valence-corrected chi connectivity index (χ3v) is 3.17. The van der Waals surface area contributed by atoms with Crippen molar-refractivity contribution in [3.05, 3.63) is 0 Å². The van der Waals surface area contributed by atoms with Crippen LogP contribution in [0.2, 0.25) is 0 Å². The van der Waals surface area contributed by atoms with E-state index in [2.05, 4.69) is 16.8 Å². The number of nitrogens with zero attached hydrogens (tertiary/aromatic N) is 2. The van der Waals surface area contributed by atoms with Crippen molar-refractivity contribution in [3.8, 4) is 0 Å². The zero-order valence-electron chi connectivity index (χ0n) is 11.4. The molecule has 0 bridgehead atoms. The van der Waals surface area contributed by atoms with Crippen molar-refractivity contribution in [2.75, 3.05) is 53.0 Å². The van der Waals surface area contributed by atoms with Crippen molar-refractivity contribution in [1.82, 2.24) is 9.80 Å². The maximum atomic E-state index is 5.83. The number of hydrogen-bond acceptors (Lipinski definition) is 5. The summed E-state index contributed by atoms with van der Waals surface area (Å²) >= 11 is 0. The molecule has 0 spiro atoms. The lowest BCUT2D eigenvalue weighted by Crippen LogP contribution is -2.56. The van der Waals surface area contributed by atoms with Gasteiger partial charge in [0.15, 0.2) is 6.29 Å². The normalized spacial score (nSPS) is 23.5. The van der Waals surface area contributed by atoms with E-state index in [-0.39, 0.29) is 6.29 Å². The average Bonchev–Trinajstić information content (AvgIpc) is 2.32. The van der Waals surface area contributed by atoms with Crippen molar-refractivity contribution in [1.29, 1.82) is 0 Å². The summed E-state index contributed by atoms with van der Waals surface area (Å²) in [6.45, 7) is 10.0. The van der Waals surface area contributed by atoms with Gasteiger partial charge in [-0.05, 0) is 20.9 Å². The van der Waals surface area contributed by atoms with Crippen LogP contribution in [0.5, 0.6) is 0 Å². The second-order valence-corrected chi connectivity index (χ2v) is 4.49. The maximum Gasteiger partial charge on any atom is 0.170 e. The van der Waals surface area contributed by atoms with Gasteiger partial charge in [0.1, 0.15) is 0 Å². The van der Waals surface area contributed by atoms with Gasteiger partial charge in [0.2, 0.25) is 0 Å². The SMILES string of the molecule is CCOC(CN1CCN(C)CC1CN)OCC. The molecule has 1 aliphatic heterocycles. The van der Waals surface area contributed by atoms with E-state index in [1.165, 1.54) is 0 Å². The van der Waals surface area contributed by atoms with E-state index in [0.717, 1.165) is 26.2 Å². The van der Waals surface area contributed by atoms with Crippen molar-refractivity contribution in [3.63, 3.8) is 0 Å². The zero-order valence-corrected chi connectivity index (χ0v) is 11.4. The van der Waals surface area contributed by atoms with E-state index in [0.29, 0.717) is 25.8 Å². The van der Waals surface area contributed by atoms with Crippen LogP contribution in [0.1, 0.15) is 13.8 Å². The fourth-order valence-corrected chi connectivity index (χ4v) is 2.23. The van der Waals surface area contributed by atoms with Gasteiger partial charge in [-0.2, -0.15) is 0 Å². The molecule has 0 saturated carbocycles. The summed E-state index contributed by atoms with van der Waals surface area (Å²) in [5.41, 5.74) is 5.83.